The van der Waals surface area contributed by atoms with Gasteiger partial charge in [0.25, 0.3) is 0 Å². The maximum atomic E-state index is 3.62. The second-order valence-electron chi connectivity index (χ2n) is 5.61. The molecule has 92 valence electrons. The van der Waals surface area contributed by atoms with Gasteiger partial charge in [-0.25, -0.2) is 0 Å². The van der Waals surface area contributed by atoms with E-state index in [9.17, 15) is 0 Å². The van der Waals surface area contributed by atoms with Crippen LogP contribution >= 0.6 is 0 Å². The Morgan fingerprint density at radius 3 is 3.06 bits per heavy atom. The van der Waals surface area contributed by atoms with Crippen molar-refractivity contribution in [3.8, 4) is 0 Å². The molecule has 0 spiro atoms. The maximum absolute atomic E-state index is 3.62. The highest BCUT2D eigenvalue weighted by molar-refractivity contribution is 5.07. The van der Waals surface area contributed by atoms with Crippen molar-refractivity contribution in [2.45, 2.75) is 45.6 Å². The second-order valence-corrected chi connectivity index (χ2v) is 5.61. The van der Waals surface area contributed by atoms with Crippen LogP contribution in [0.1, 0.15) is 39.5 Å². The average molecular weight is 222 g/mol. The Kier molecular flexibility index (Phi) is 4.42. The summed E-state index contributed by atoms with van der Waals surface area (Å²) in [5.74, 6) is 0.758. The Labute approximate surface area is 100 Å². The number of nitrogens with zero attached hydrogens (tertiary/aromatic N) is 1. The molecule has 0 bridgehead atoms. The second kappa shape index (κ2) is 5.83. The first kappa shape index (κ1) is 12.1. The molecule has 0 radical (unpaired) electrons. The van der Waals surface area contributed by atoms with Crippen molar-refractivity contribution in [2.75, 3.05) is 26.2 Å². The van der Waals surface area contributed by atoms with Gasteiger partial charge in [-0.1, -0.05) is 25.5 Å². The molecule has 1 saturated heterocycles. The molecule has 1 fully saturated rings. The monoisotopic (exact) mass is 222 g/mol. The van der Waals surface area contributed by atoms with Crippen molar-refractivity contribution in [2.24, 2.45) is 5.92 Å². The van der Waals surface area contributed by atoms with E-state index in [-0.39, 0.29) is 0 Å². The zero-order chi connectivity index (χ0) is 11.4. The molecule has 16 heavy (non-hydrogen) atoms. The van der Waals surface area contributed by atoms with E-state index < -0.39 is 0 Å². The molecule has 2 aliphatic rings. The normalized spacial score (nSPS) is 27.4. The first-order valence-corrected chi connectivity index (χ1v) is 6.89. The molecule has 1 aliphatic heterocycles. The van der Waals surface area contributed by atoms with Crippen molar-refractivity contribution in [1.29, 1.82) is 0 Å². The first-order chi connectivity index (χ1) is 7.75. The smallest absolute Gasteiger partial charge is 0.0218 e. The fraction of sp³-hybridized carbons (Fsp3) is 0.857. The molecular weight excluding hydrogens is 196 g/mol. The molecule has 2 heteroatoms. The molecule has 1 heterocycles. The van der Waals surface area contributed by atoms with Gasteiger partial charge in [-0.2, -0.15) is 0 Å². The lowest BCUT2D eigenvalue weighted by atomic mass is 10.0. The van der Waals surface area contributed by atoms with Gasteiger partial charge >= 0.3 is 0 Å². The number of hydrogen-bond acceptors (Lipinski definition) is 2. The zero-order valence-electron chi connectivity index (χ0n) is 10.8. The lowest BCUT2D eigenvalue weighted by molar-refractivity contribution is 0.176. The molecular formula is C14H26N2. The highest BCUT2D eigenvalue weighted by Gasteiger charge is 2.21. The maximum Gasteiger partial charge on any atom is 0.0218 e. The summed E-state index contributed by atoms with van der Waals surface area (Å²) >= 11 is 0. The van der Waals surface area contributed by atoms with Crippen LogP contribution < -0.4 is 5.32 Å². The van der Waals surface area contributed by atoms with Crippen molar-refractivity contribution in [1.82, 2.24) is 10.2 Å². The first-order valence-electron chi connectivity index (χ1n) is 6.89. The van der Waals surface area contributed by atoms with Gasteiger partial charge in [-0.3, -0.25) is 0 Å². The van der Waals surface area contributed by atoms with E-state index in [1.54, 1.807) is 5.57 Å². The van der Waals surface area contributed by atoms with Gasteiger partial charge in [0.05, 0.1) is 0 Å². The van der Waals surface area contributed by atoms with E-state index in [0.717, 1.165) is 5.92 Å². The zero-order valence-corrected chi connectivity index (χ0v) is 10.8. The van der Waals surface area contributed by atoms with Crippen molar-refractivity contribution < 1.29 is 0 Å². The molecule has 0 aromatic heterocycles. The van der Waals surface area contributed by atoms with Crippen molar-refractivity contribution in [3.63, 3.8) is 0 Å². The summed E-state index contributed by atoms with van der Waals surface area (Å²) in [6.07, 6.45) is 7.85. The highest BCUT2D eigenvalue weighted by atomic mass is 15.2. The minimum atomic E-state index is 0.700. The summed E-state index contributed by atoms with van der Waals surface area (Å²) in [5, 5.41) is 3.62. The van der Waals surface area contributed by atoms with E-state index in [2.05, 4.69) is 30.1 Å². The number of piperazine rings is 1. The van der Waals surface area contributed by atoms with E-state index in [1.807, 2.05) is 0 Å². The third-order valence-corrected chi connectivity index (χ3v) is 3.98. The molecule has 1 N–H and O–H groups in total. The van der Waals surface area contributed by atoms with E-state index in [4.69, 9.17) is 0 Å². The van der Waals surface area contributed by atoms with Crippen molar-refractivity contribution in [3.05, 3.63) is 11.6 Å². The van der Waals surface area contributed by atoms with Gasteiger partial charge in [0, 0.05) is 32.2 Å². The van der Waals surface area contributed by atoms with E-state index in [1.165, 1.54) is 51.9 Å². The van der Waals surface area contributed by atoms with Crippen LogP contribution in [0.4, 0.5) is 0 Å². The summed E-state index contributed by atoms with van der Waals surface area (Å²) in [5.41, 5.74) is 1.71. The van der Waals surface area contributed by atoms with Crippen LogP contribution in [-0.4, -0.2) is 37.1 Å². The molecule has 2 rings (SSSR count). The molecule has 0 amide bonds. The van der Waals surface area contributed by atoms with Crippen LogP contribution in [0.15, 0.2) is 11.6 Å². The summed E-state index contributed by atoms with van der Waals surface area (Å²) < 4.78 is 0. The molecule has 1 atom stereocenters. The number of rotatable bonds is 4. The fourth-order valence-electron chi connectivity index (χ4n) is 2.76. The third-order valence-electron chi connectivity index (χ3n) is 3.98. The Balaban J connectivity index is 1.72. The van der Waals surface area contributed by atoms with Gasteiger partial charge in [-0.15, -0.1) is 0 Å². The SMILES string of the molecule is CC(C)C1CN(CCC2=CCCC2)CCN1. The molecule has 0 aromatic rings. The quantitative estimate of drug-likeness (QED) is 0.735. The largest absolute Gasteiger partial charge is 0.311 e. The lowest BCUT2D eigenvalue weighted by Crippen LogP contribution is -2.52. The molecule has 0 aromatic carbocycles. The molecule has 1 aliphatic carbocycles. The predicted octanol–water partition coefficient (Wildman–Crippen LogP) is 2.42. The summed E-state index contributed by atoms with van der Waals surface area (Å²) in [6, 6.07) is 0.700. The third kappa shape index (κ3) is 3.33. The van der Waals surface area contributed by atoms with E-state index in [0.29, 0.717) is 6.04 Å². The lowest BCUT2D eigenvalue weighted by Gasteiger charge is -2.35. The molecule has 1 unspecified atom stereocenters. The van der Waals surface area contributed by atoms with Gasteiger partial charge in [0.15, 0.2) is 0 Å². The topological polar surface area (TPSA) is 15.3 Å². The van der Waals surface area contributed by atoms with Gasteiger partial charge in [-0.05, 0) is 31.6 Å². The van der Waals surface area contributed by atoms with Crippen LogP contribution in [0.25, 0.3) is 0 Å². The summed E-state index contributed by atoms with van der Waals surface area (Å²) in [7, 11) is 0. The van der Waals surface area contributed by atoms with Crippen LogP contribution in [0, 0.1) is 5.92 Å². The van der Waals surface area contributed by atoms with Gasteiger partial charge in [0.1, 0.15) is 0 Å². The predicted molar refractivity (Wildman–Crippen MR) is 69.6 cm³/mol. The minimum Gasteiger partial charge on any atom is -0.311 e. The standard InChI is InChI=1S/C14H26N2/c1-12(2)14-11-16(10-8-15-14)9-7-13-5-3-4-6-13/h5,12,14-15H,3-4,6-11H2,1-2H3. The van der Waals surface area contributed by atoms with Crippen LogP contribution in [0.5, 0.6) is 0 Å². The Bertz CT molecular complexity index is 245. The number of nitrogens with one attached hydrogen (secondary N) is 1. The Morgan fingerprint density at radius 2 is 2.38 bits per heavy atom. The van der Waals surface area contributed by atoms with Crippen molar-refractivity contribution >= 4 is 0 Å². The Morgan fingerprint density at radius 1 is 1.50 bits per heavy atom. The number of allylic oxidation sites excluding steroid dienone is 1. The number of hydrogen-bond donors (Lipinski definition) is 1. The van der Waals surface area contributed by atoms with Crippen LogP contribution in [0.3, 0.4) is 0 Å². The Hall–Kier alpha value is -0.340. The van der Waals surface area contributed by atoms with Gasteiger partial charge in [0.2, 0.25) is 0 Å². The summed E-state index contributed by atoms with van der Waals surface area (Å²) in [6.45, 7) is 9.56. The van der Waals surface area contributed by atoms with Gasteiger partial charge < -0.3 is 10.2 Å². The summed E-state index contributed by atoms with van der Waals surface area (Å²) in [4.78, 5) is 2.64. The minimum absolute atomic E-state index is 0.700. The molecule has 0 saturated carbocycles. The highest BCUT2D eigenvalue weighted by Crippen LogP contribution is 2.21. The fourth-order valence-corrected chi connectivity index (χ4v) is 2.76. The van der Waals surface area contributed by atoms with E-state index >= 15 is 0 Å². The molecule has 2 nitrogen and oxygen atoms in total. The van der Waals surface area contributed by atoms with Crippen LogP contribution in [0.2, 0.25) is 0 Å². The average Bonchev–Trinajstić information content (AvgIpc) is 2.79. The van der Waals surface area contributed by atoms with Crippen LogP contribution in [-0.2, 0) is 0 Å².